The van der Waals surface area contributed by atoms with Gasteiger partial charge in [0.25, 0.3) is 0 Å². The van der Waals surface area contributed by atoms with Crippen molar-refractivity contribution in [3.8, 4) is 0 Å². The molecule has 2 unspecified atom stereocenters. The number of hydrogen-bond donors (Lipinski definition) is 1. The third-order valence-electron chi connectivity index (χ3n) is 5.84. The van der Waals surface area contributed by atoms with Crippen LogP contribution in [0.2, 0.25) is 0 Å². The number of nitrogens with zero attached hydrogens (tertiary/aromatic N) is 1. The van der Waals surface area contributed by atoms with Crippen LogP contribution < -0.4 is 5.73 Å². The second kappa shape index (κ2) is 7.66. The molecule has 134 valence electrons. The minimum atomic E-state index is -0.270. The zero-order valence-electron chi connectivity index (χ0n) is 15.7. The average molecular weight is 332 g/mol. The van der Waals surface area contributed by atoms with Crippen LogP contribution in [0, 0.1) is 11.8 Å². The number of ether oxygens (including phenoxy) is 1. The van der Waals surface area contributed by atoms with Crippen LogP contribution in [0.5, 0.6) is 0 Å². The number of likely N-dealkylation sites (tertiary alicyclic amines) is 1. The Kier molecular flexibility index (Phi) is 6.05. The quantitative estimate of drug-likeness (QED) is 0.842. The lowest BCUT2D eigenvalue weighted by molar-refractivity contribution is 0.0600. The van der Waals surface area contributed by atoms with Crippen LogP contribution in [0.15, 0.2) is 24.3 Å². The second-order valence-electron chi connectivity index (χ2n) is 7.81. The monoisotopic (exact) mass is 332 g/mol. The van der Waals surface area contributed by atoms with Crippen molar-refractivity contribution in [3.63, 3.8) is 0 Å². The van der Waals surface area contributed by atoms with E-state index in [1.165, 1.54) is 12.7 Å². The fraction of sp³-hybridized carbons (Fsp3) is 0.650. The summed E-state index contributed by atoms with van der Waals surface area (Å²) in [4.78, 5) is 14.3. The van der Waals surface area contributed by atoms with Gasteiger partial charge in [0.1, 0.15) is 0 Å². The van der Waals surface area contributed by atoms with Crippen LogP contribution in [0.25, 0.3) is 0 Å². The molecule has 1 fully saturated rings. The lowest BCUT2D eigenvalue weighted by Crippen LogP contribution is -2.51. The lowest BCUT2D eigenvalue weighted by atomic mass is 9.67. The predicted molar refractivity (Wildman–Crippen MR) is 98.2 cm³/mol. The van der Waals surface area contributed by atoms with Crippen molar-refractivity contribution in [2.24, 2.45) is 17.6 Å². The lowest BCUT2D eigenvalue weighted by Gasteiger charge is -2.46. The SMILES string of the molecule is COC(=O)c1cccc(C2(C)CCN(C[C@@H](N)C(C)C)CC2C)c1. The van der Waals surface area contributed by atoms with Crippen LogP contribution in [-0.2, 0) is 10.2 Å². The first-order valence-corrected chi connectivity index (χ1v) is 8.94. The number of benzene rings is 1. The van der Waals surface area contributed by atoms with Crippen LogP contribution in [0.1, 0.15) is 50.0 Å². The molecule has 2 N–H and O–H groups in total. The van der Waals surface area contributed by atoms with E-state index in [4.69, 9.17) is 10.5 Å². The van der Waals surface area contributed by atoms with Crippen molar-refractivity contribution in [2.45, 2.75) is 45.6 Å². The molecule has 1 aliphatic rings. The zero-order valence-corrected chi connectivity index (χ0v) is 15.7. The molecule has 0 aliphatic carbocycles. The van der Waals surface area contributed by atoms with E-state index in [1.54, 1.807) is 0 Å². The van der Waals surface area contributed by atoms with Crippen molar-refractivity contribution in [1.29, 1.82) is 0 Å². The largest absolute Gasteiger partial charge is 0.465 e. The molecule has 0 bridgehead atoms. The molecule has 3 atom stereocenters. The van der Waals surface area contributed by atoms with Gasteiger partial charge in [-0.2, -0.15) is 0 Å². The molecule has 1 heterocycles. The number of piperidine rings is 1. The molecular formula is C20H32N2O2. The molecule has 2 rings (SSSR count). The molecule has 0 amide bonds. The molecule has 24 heavy (non-hydrogen) atoms. The number of methoxy groups -OCH3 is 1. The second-order valence-corrected chi connectivity index (χ2v) is 7.81. The zero-order chi connectivity index (χ0) is 17.9. The van der Waals surface area contributed by atoms with Gasteiger partial charge in [-0.25, -0.2) is 4.79 Å². The molecule has 1 aromatic carbocycles. The minimum Gasteiger partial charge on any atom is -0.465 e. The van der Waals surface area contributed by atoms with Crippen molar-refractivity contribution in [1.82, 2.24) is 4.90 Å². The number of rotatable bonds is 5. The molecule has 4 nitrogen and oxygen atoms in total. The highest BCUT2D eigenvalue weighted by molar-refractivity contribution is 5.89. The summed E-state index contributed by atoms with van der Waals surface area (Å²) in [6, 6.07) is 8.14. The van der Waals surface area contributed by atoms with Gasteiger partial charge in [-0.3, -0.25) is 0 Å². The minimum absolute atomic E-state index is 0.0719. The number of carbonyl (C=O) groups is 1. The fourth-order valence-electron chi connectivity index (χ4n) is 3.54. The van der Waals surface area contributed by atoms with Gasteiger partial charge in [0, 0.05) is 19.1 Å². The van der Waals surface area contributed by atoms with E-state index in [9.17, 15) is 4.79 Å². The predicted octanol–water partition coefficient (Wildman–Crippen LogP) is 3.06. The Hall–Kier alpha value is -1.39. The van der Waals surface area contributed by atoms with E-state index in [-0.39, 0.29) is 17.4 Å². The van der Waals surface area contributed by atoms with Gasteiger partial charge >= 0.3 is 5.97 Å². The Bertz CT molecular complexity index is 573. The van der Waals surface area contributed by atoms with Gasteiger partial charge in [0.2, 0.25) is 0 Å². The van der Waals surface area contributed by atoms with Crippen LogP contribution in [0.3, 0.4) is 0 Å². The number of nitrogens with two attached hydrogens (primary N) is 1. The molecule has 0 spiro atoms. The number of esters is 1. The molecule has 1 aromatic rings. The highest BCUT2D eigenvalue weighted by Gasteiger charge is 2.38. The third-order valence-corrected chi connectivity index (χ3v) is 5.84. The summed E-state index contributed by atoms with van der Waals surface area (Å²) in [5.74, 6) is 0.734. The summed E-state index contributed by atoms with van der Waals surface area (Å²) in [7, 11) is 1.43. The van der Waals surface area contributed by atoms with Crippen molar-refractivity contribution in [2.75, 3.05) is 26.7 Å². The molecular weight excluding hydrogens is 300 g/mol. The Labute approximate surface area is 146 Å². The molecule has 4 heteroatoms. The summed E-state index contributed by atoms with van der Waals surface area (Å²) in [5.41, 5.74) is 8.18. The third kappa shape index (κ3) is 3.98. The first-order valence-electron chi connectivity index (χ1n) is 8.94. The van der Waals surface area contributed by atoms with Crippen molar-refractivity contribution < 1.29 is 9.53 Å². The fourth-order valence-corrected chi connectivity index (χ4v) is 3.54. The average Bonchev–Trinajstić information content (AvgIpc) is 2.57. The normalized spacial score (nSPS) is 26.4. The van der Waals surface area contributed by atoms with Gasteiger partial charge in [0.05, 0.1) is 12.7 Å². The van der Waals surface area contributed by atoms with Crippen LogP contribution >= 0.6 is 0 Å². The van der Waals surface area contributed by atoms with Crippen molar-refractivity contribution in [3.05, 3.63) is 35.4 Å². The molecule has 0 saturated carbocycles. The maximum absolute atomic E-state index is 11.8. The van der Waals surface area contributed by atoms with E-state index in [0.717, 1.165) is 26.1 Å². The van der Waals surface area contributed by atoms with E-state index in [0.29, 0.717) is 17.4 Å². The van der Waals surface area contributed by atoms with Crippen LogP contribution in [0.4, 0.5) is 0 Å². The standard InChI is InChI=1S/C20H32N2O2/c1-14(2)18(21)13-22-10-9-20(4,15(3)12-22)17-8-6-7-16(11-17)19(23)24-5/h6-8,11,14-15,18H,9-10,12-13,21H2,1-5H3/t15?,18-,20?/m1/s1. The summed E-state index contributed by atoms with van der Waals surface area (Å²) < 4.78 is 4.86. The van der Waals surface area contributed by atoms with E-state index in [1.807, 2.05) is 18.2 Å². The number of hydrogen-bond acceptors (Lipinski definition) is 4. The highest BCUT2D eigenvalue weighted by atomic mass is 16.5. The Morgan fingerprint density at radius 2 is 2.17 bits per heavy atom. The topological polar surface area (TPSA) is 55.6 Å². The summed E-state index contributed by atoms with van der Waals surface area (Å²) in [5, 5.41) is 0. The van der Waals surface area contributed by atoms with Gasteiger partial charge in [-0.1, -0.05) is 39.8 Å². The maximum atomic E-state index is 11.8. The molecule has 0 radical (unpaired) electrons. The van der Waals surface area contributed by atoms with Gasteiger partial charge in [-0.15, -0.1) is 0 Å². The maximum Gasteiger partial charge on any atom is 0.337 e. The summed E-state index contributed by atoms with van der Waals surface area (Å²) in [6.45, 7) is 12.0. The van der Waals surface area contributed by atoms with Gasteiger partial charge in [0.15, 0.2) is 0 Å². The first-order chi connectivity index (χ1) is 11.3. The summed E-state index contributed by atoms with van der Waals surface area (Å²) in [6.07, 6.45) is 1.07. The van der Waals surface area contributed by atoms with Crippen LogP contribution in [-0.4, -0.2) is 43.7 Å². The number of carbonyl (C=O) groups excluding carboxylic acids is 1. The summed E-state index contributed by atoms with van der Waals surface area (Å²) >= 11 is 0. The van der Waals surface area contributed by atoms with Gasteiger partial charge in [-0.05, 0) is 47.9 Å². The smallest absolute Gasteiger partial charge is 0.337 e. The molecule has 1 saturated heterocycles. The Balaban J connectivity index is 2.13. The first kappa shape index (κ1) is 18.9. The highest BCUT2D eigenvalue weighted by Crippen LogP contribution is 2.39. The van der Waals surface area contributed by atoms with E-state index < -0.39 is 0 Å². The Morgan fingerprint density at radius 1 is 1.46 bits per heavy atom. The molecule has 0 aromatic heterocycles. The van der Waals surface area contributed by atoms with E-state index >= 15 is 0 Å². The van der Waals surface area contributed by atoms with Crippen molar-refractivity contribution >= 4 is 5.97 Å². The van der Waals surface area contributed by atoms with E-state index in [2.05, 4.69) is 38.7 Å². The Morgan fingerprint density at radius 3 is 2.75 bits per heavy atom. The van der Waals surface area contributed by atoms with Gasteiger partial charge < -0.3 is 15.4 Å². The molecule has 1 aliphatic heterocycles.